The van der Waals surface area contributed by atoms with Crippen molar-refractivity contribution in [2.45, 2.75) is 46.3 Å². The zero-order valence-electron chi connectivity index (χ0n) is 10.9. The van der Waals surface area contributed by atoms with Gasteiger partial charge < -0.3 is 10.1 Å². The van der Waals surface area contributed by atoms with Crippen molar-refractivity contribution in [3.63, 3.8) is 0 Å². The molecular formula is C14H22BrNO. The molecule has 17 heavy (non-hydrogen) atoms. The van der Waals surface area contributed by atoms with E-state index >= 15 is 0 Å². The summed E-state index contributed by atoms with van der Waals surface area (Å²) in [6.07, 6.45) is 2.44. The first-order valence-electron chi connectivity index (χ1n) is 6.33. The van der Waals surface area contributed by atoms with E-state index in [1.807, 2.05) is 6.07 Å². The molecule has 0 aromatic heterocycles. The van der Waals surface area contributed by atoms with Gasteiger partial charge in [0.15, 0.2) is 0 Å². The Hall–Kier alpha value is -0.540. The first-order chi connectivity index (χ1) is 8.17. The molecule has 0 radical (unpaired) electrons. The van der Waals surface area contributed by atoms with E-state index in [0.29, 0.717) is 0 Å². The minimum absolute atomic E-state index is 0.260. The second-order valence-electron chi connectivity index (χ2n) is 4.28. The lowest BCUT2D eigenvalue weighted by molar-refractivity contribution is 0.216. The Labute approximate surface area is 113 Å². The average Bonchev–Trinajstić information content (AvgIpc) is 2.32. The van der Waals surface area contributed by atoms with Crippen molar-refractivity contribution < 1.29 is 4.74 Å². The van der Waals surface area contributed by atoms with Gasteiger partial charge in [-0.05, 0) is 59.9 Å². The third-order valence-corrected chi connectivity index (χ3v) is 3.27. The van der Waals surface area contributed by atoms with Gasteiger partial charge >= 0.3 is 0 Å². The Bertz CT molecular complexity index is 341. The van der Waals surface area contributed by atoms with Crippen LogP contribution in [0.25, 0.3) is 0 Å². The maximum atomic E-state index is 5.81. The molecule has 0 amide bonds. The lowest BCUT2D eigenvalue weighted by Gasteiger charge is -2.14. The van der Waals surface area contributed by atoms with Crippen LogP contribution in [0.3, 0.4) is 0 Å². The Morgan fingerprint density at radius 2 is 2.12 bits per heavy atom. The maximum Gasteiger partial charge on any atom is 0.133 e. The average molecular weight is 300 g/mol. The molecule has 0 spiro atoms. The van der Waals surface area contributed by atoms with E-state index in [1.165, 1.54) is 5.56 Å². The highest BCUT2D eigenvalue weighted by atomic mass is 79.9. The third kappa shape index (κ3) is 5.09. The van der Waals surface area contributed by atoms with Crippen molar-refractivity contribution in [3.05, 3.63) is 28.2 Å². The molecule has 3 heteroatoms. The zero-order valence-corrected chi connectivity index (χ0v) is 12.5. The van der Waals surface area contributed by atoms with Crippen LogP contribution in [0.15, 0.2) is 22.7 Å². The second-order valence-corrected chi connectivity index (χ2v) is 5.13. The van der Waals surface area contributed by atoms with Gasteiger partial charge in [-0.2, -0.15) is 0 Å². The maximum absolute atomic E-state index is 5.81. The number of benzene rings is 1. The monoisotopic (exact) mass is 299 g/mol. The fraction of sp³-hybridized carbons (Fsp3) is 0.571. The minimum Gasteiger partial charge on any atom is -0.490 e. The van der Waals surface area contributed by atoms with Crippen LogP contribution in [0, 0.1) is 0 Å². The number of nitrogens with one attached hydrogen (secondary N) is 1. The highest BCUT2D eigenvalue weighted by Crippen LogP contribution is 2.27. The van der Waals surface area contributed by atoms with Gasteiger partial charge in [0.1, 0.15) is 5.75 Å². The zero-order chi connectivity index (χ0) is 12.7. The number of rotatable bonds is 7. The molecule has 1 N–H and O–H groups in total. The van der Waals surface area contributed by atoms with Crippen molar-refractivity contribution in [1.82, 2.24) is 5.32 Å². The molecule has 0 saturated heterocycles. The topological polar surface area (TPSA) is 21.3 Å². The van der Waals surface area contributed by atoms with E-state index < -0.39 is 0 Å². The Balaban J connectivity index is 2.59. The molecule has 1 unspecified atom stereocenters. The van der Waals surface area contributed by atoms with E-state index in [9.17, 15) is 0 Å². The fourth-order valence-corrected chi connectivity index (χ4v) is 1.98. The lowest BCUT2D eigenvalue weighted by Crippen LogP contribution is -2.14. The van der Waals surface area contributed by atoms with E-state index in [-0.39, 0.29) is 6.10 Å². The van der Waals surface area contributed by atoms with Crippen LogP contribution in [-0.4, -0.2) is 12.6 Å². The van der Waals surface area contributed by atoms with Gasteiger partial charge in [-0.25, -0.2) is 0 Å². The minimum atomic E-state index is 0.260. The molecule has 1 aromatic rings. The third-order valence-electron chi connectivity index (χ3n) is 2.66. The first kappa shape index (κ1) is 14.5. The molecule has 1 atom stereocenters. The predicted molar refractivity (Wildman–Crippen MR) is 76.5 cm³/mol. The molecule has 0 heterocycles. The van der Waals surface area contributed by atoms with Gasteiger partial charge in [0.25, 0.3) is 0 Å². The smallest absolute Gasteiger partial charge is 0.133 e. The van der Waals surface area contributed by atoms with E-state index in [0.717, 1.165) is 36.2 Å². The van der Waals surface area contributed by atoms with Crippen molar-refractivity contribution in [1.29, 1.82) is 0 Å². The SMILES string of the molecule is CCCNCc1ccc(OC(C)CC)c(Br)c1. The van der Waals surface area contributed by atoms with Gasteiger partial charge in [-0.1, -0.05) is 19.9 Å². The van der Waals surface area contributed by atoms with Gasteiger partial charge in [0.2, 0.25) is 0 Å². The number of halogens is 1. The van der Waals surface area contributed by atoms with E-state index in [2.05, 4.69) is 54.2 Å². The number of hydrogen-bond acceptors (Lipinski definition) is 2. The molecule has 0 bridgehead atoms. The summed E-state index contributed by atoms with van der Waals surface area (Å²) in [6, 6.07) is 6.28. The van der Waals surface area contributed by atoms with Gasteiger partial charge in [-0.15, -0.1) is 0 Å². The molecular weight excluding hydrogens is 278 g/mol. The quantitative estimate of drug-likeness (QED) is 0.765. The highest BCUT2D eigenvalue weighted by molar-refractivity contribution is 9.10. The van der Waals surface area contributed by atoms with Crippen LogP contribution in [-0.2, 0) is 6.54 Å². The predicted octanol–water partition coefficient (Wildman–Crippen LogP) is 4.13. The summed E-state index contributed by atoms with van der Waals surface area (Å²) in [4.78, 5) is 0. The molecule has 96 valence electrons. The largest absolute Gasteiger partial charge is 0.490 e. The fourth-order valence-electron chi connectivity index (χ4n) is 1.46. The standard InChI is InChI=1S/C14H22BrNO/c1-4-8-16-10-12-6-7-14(13(15)9-12)17-11(3)5-2/h6-7,9,11,16H,4-5,8,10H2,1-3H3. The van der Waals surface area contributed by atoms with Crippen molar-refractivity contribution in [2.24, 2.45) is 0 Å². The Morgan fingerprint density at radius 1 is 1.35 bits per heavy atom. The van der Waals surface area contributed by atoms with Crippen molar-refractivity contribution >= 4 is 15.9 Å². The van der Waals surface area contributed by atoms with Crippen LogP contribution in [0.2, 0.25) is 0 Å². The number of hydrogen-bond donors (Lipinski definition) is 1. The molecule has 0 aliphatic heterocycles. The van der Waals surface area contributed by atoms with Gasteiger partial charge in [-0.3, -0.25) is 0 Å². The summed E-state index contributed by atoms with van der Waals surface area (Å²) in [5.74, 6) is 0.929. The van der Waals surface area contributed by atoms with Gasteiger partial charge in [0.05, 0.1) is 10.6 Å². The van der Waals surface area contributed by atoms with Crippen LogP contribution in [0.5, 0.6) is 5.75 Å². The summed E-state index contributed by atoms with van der Waals surface area (Å²) in [7, 11) is 0. The van der Waals surface area contributed by atoms with Crippen molar-refractivity contribution in [3.8, 4) is 5.75 Å². The first-order valence-corrected chi connectivity index (χ1v) is 7.12. The van der Waals surface area contributed by atoms with Crippen LogP contribution >= 0.6 is 15.9 Å². The Kier molecular flexibility index (Phi) is 6.60. The molecule has 1 aromatic carbocycles. The van der Waals surface area contributed by atoms with Crippen LogP contribution in [0.1, 0.15) is 39.2 Å². The number of ether oxygens (including phenoxy) is 1. The highest BCUT2D eigenvalue weighted by Gasteiger charge is 2.06. The lowest BCUT2D eigenvalue weighted by atomic mass is 10.2. The van der Waals surface area contributed by atoms with Crippen LogP contribution < -0.4 is 10.1 Å². The molecule has 0 fully saturated rings. The molecule has 0 aliphatic carbocycles. The normalized spacial score (nSPS) is 12.5. The summed E-state index contributed by atoms with van der Waals surface area (Å²) < 4.78 is 6.84. The van der Waals surface area contributed by atoms with E-state index in [1.54, 1.807) is 0 Å². The molecule has 1 rings (SSSR count). The van der Waals surface area contributed by atoms with Crippen LogP contribution in [0.4, 0.5) is 0 Å². The molecule has 2 nitrogen and oxygen atoms in total. The summed E-state index contributed by atoms with van der Waals surface area (Å²) in [5, 5.41) is 3.39. The molecule has 0 aliphatic rings. The summed E-state index contributed by atoms with van der Waals surface area (Å²) in [5.41, 5.74) is 1.28. The van der Waals surface area contributed by atoms with E-state index in [4.69, 9.17) is 4.74 Å². The molecule has 0 saturated carbocycles. The second kappa shape index (κ2) is 7.72. The summed E-state index contributed by atoms with van der Waals surface area (Å²) in [6.45, 7) is 8.36. The van der Waals surface area contributed by atoms with Gasteiger partial charge in [0, 0.05) is 6.54 Å². The summed E-state index contributed by atoms with van der Waals surface area (Å²) >= 11 is 3.56. The van der Waals surface area contributed by atoms with Crippen molar-refractivity contribution in [2.75, 3.05) is 6.54 Å². The Morgan fingerprint density at radius 3 is 2.71 bits per heavy atom.